The number of esters is 1. The summed E-state index contributed by atoms with van der Waals surface area (Å²) in [7, 11) is 0. The van der Waals surface area contributed by atoms with Crippen LogP contribution in [0.15, 0.2) is 102 Å². The number of benzene rings is 2. The number of allylic oxidation sites excluding steroid dienone is 8. The summed E-state index contributed by atoms with van der Waals surface area (Å²) in [4.78, 5) is 34.2. The quantitative estimate of drug-likeness (QED) is 0.0413. The molecule has 1 atom stereocenters. The Hall–Kier alpha value is -4.78. The van der Waals surface area contributed by atoms with Crippen molar-refractivity contribution in [2.24, 2.45) is 0 Å². The number of hydrogen-bond acceptors (Lipinski definition) is 7. The van der Waals surface area contributed by atoms with Crippen molar-refractivity contribution in [1.29, 1.82) is 0 Å². The first-order chi connectivity index (χ1) is 24.6. The number of anilines is 1. The Morgan fingerprint density at radius 1 is 0.900 bits per heavy atom. The maximum atomic E-state index is 12.9. The molecule has 0 saturated heterocycles. The number of terminal acetylenes is 1. The Morgan fingerprint density at radius 3 is 2.28 bits per heavy atom. The van der Waals surface area contributed by atoms with E-state index >= 15 is 0 Å². The van der Waals surface area contributed by atoms with Gasteiger partial charge in [0.1, 0.15) is 12.4 Å². The fourth-order valence-corrected chi connectivity index (χ4v) is 6.49. The van der Waals surface area contributed by atoms with Crippen LogP contribution in [0.25, 0.3) is 21.3 Å². The van der Waals surface area contributed by atoms with Gasteiger partial charge in [0.25, 0.3) is 0 Å². The van der Waals surface area contributed by atoms with Crippen molar-refractivity contribution in [2.45, 2.75) is 77.2 Å². The zero-order valence-electron chi connectivity index (χ0n) is 28.7. The van der Waals surface area contributed by atoms with E-state index in [1.54, 1.807) is 16.7 Å². The lowest BCUT2D eigenvalue weighted by molar-refractivity contribution is -0.144. The summed E-state index contributed by atoms with van der Waals surface area (Å²) < 4.78 is 6.76. The second-order valence-corrected chi connectivity index (χ2v) is 13.3. The molecule has 7 nitrogen and oxygen atoms in total. The highest BCUT2D eigenvalue weighted by atomic mass is 32.1. The first-order valence-corrected chi connectivity index (χ1v) is 19.0. The third kappa shape index (κ3) is 13.3. The summed E-state index contributed by atoms with van der Waals surface area (Å²) in [5.41, 5.74) is 5.72. The molecule has 0 aliphatic rings. The van der Waals surface area contributed by atoms with Gasteiger partial charge in [-0.15, -0.1) is 29.1 Å². The van der Waals surface area contributed by atoms with Gasteiger partial charge in [-0.05, 0) is 68.1 Å². The van der Waals surface area contributed by atoms with E-state index in [0.29, 0.717) is 23.7 Å². The lowest BCUT2D eigenvalue weighted by atomic mass is 10.0. The van der Waals surface area contributed by atoms with Gasteiger partial charge in [0.05, 0.1) is 21.8 Å². The Morgan fingerprint density at radius 2 is 1.60 bits per heavy atom. The van der Waals surface area contributed by atoms with E-state index in [-0.39, 0.29) is 12.6 Å². The second-order valence-electron chi connectivity index (χ2n) is 11.6. The molecule has 9 heteroatoms. The molecule has 2 aromatic heterocycles. The molecule has 4 aromatic rings. The van der Waals surface area contributed by atoms with Gasteiger partial charge in [-0.2, -0.15) is 0 Å². The van der Waals surface area contributed by atoms with Crippen molar-refractivity contribution in [2.75, 3.05) is 11.9 Å². The Balaban J connectivity index is 1.22. The SMILES string of the molecule is C#Cc1nc(NC(=O)N[C@@H](COC(=O)CCCC=CCC=CCC=CCC=CCCCCC)c2ccc(-c3cccc4ncsc34)cc2)cs1. The van der Waals surface area contributed by atoms with E-state index in [4.69, 9.17) is 11.2 Å². The fourth-order valence-electron chi connectivity index (χ4n) is 5.11. The van der Waals surface area contributed by atoms with E-state index in [1.807, 2.05) is 41.9 Å². The number of unbranched alkanes of at least 4 members (excludes halogenated alkanes) is 4. The molecule has 0 fully saturated rings. The van der Waals surface area contributed by atoms with Crippen LogP contribution in [0.5, 0.6) is 0 Å². The van der Waals surface area contributed by atoms with Crippen LogP contribution in [-0.4, -0.2) is 28.6 Å². The Kier molecular flexibility index (Phi) is 16.8. The minimum Gasteiger partial charge on any atom is -0.463 e. The van der Waals surface area contributed by atoms with Crippen LogP contribution in [0.2, 0.25) is 0 Å². The van der Waals surface area contributed by atoms with Crippen LogP contribution in [0, 0.1) is 12.3 Å². The number of fused-ring (bicyclic) bond motifs is 1. The van der Waals surface area contributed by atoms with E-state index in [0.717, 1.165) is 52.6 Å². The van der Waals surface area contributed by atoms with Gasteiger partial charge >= 0.3 is 12.0 Å². The summed E-state index contributed by atoms with van der Waals surface area (Å²) in [6, 6.07) is 12.9. The number of nitrogens with zero attached hydrogens (tertiary/aromatic N) is 2. The number of urea groups is 1. The standard InChI is InChI=1S/C41H46N4O3S2/c1-3-5-6-7-8-9-10-11-12-13-14-15-16-17-18-19-20-24-39(46)48-29-36(43-41(47)45-37-30-49-38(4-2)44-37)33-27-25-32(26-28-33)34-22-21-23-35-40(34)50-31-42-35/h2,8-9,11-12,14-15,17-18,21-23,25-28,30-31,36H,3,5-7,10,13,16,19-20,24,29H2,1H3,(H2,43,45,47)/t36-/m0/s1. The van der Waals surface area contributed by atoms with Crippen molar-refractivity contribution in [3.8, 4) is 23.5 Å². The Bertz CT molecular complexity index is 1790. The van der Waals surface area contributed by atoms with Gasteiger partial charge in [0.15, 0.2) is 5.01 Å². The van der Waals surface area contributed by atoms with Crippen LogP contribution < -0.4 is 10.6 Å². The monoisotopic (exact) mass is 706 g/mol. The number of ether oxygens (including phenoxy) is 1. The molecule has 260 valence electrons. The molecule has 0 bridgehead atoms. The van der Waals surface area contributed by atoms with E-state index in [2.05, 4.69) is 88.1 Å². The minimum atomic E-state index is -0.577. The molecular weight excluding hydrogens is 661 g/mol. The fraction of sp³-hybridized carbons (Fsp3) is 0.317. The number of aromatic nitrogens is 2. The second kappa shape index (κ2) is 22.0. The number of carbonyl (C=O) groups excluding carboxylic acids is 2. The van der Waals surface area contributed by atoms with Crippen LogP contribution in [0.1, 0.15) is 87.7 Å². The molecule has 0 radical (unpaired) electrons. The molecule has 0 unspecified atom stereocenters. The van der Waals surface area contributed by atoms with Gasteiger partial charge in [0.2, 0.25) is 0 Å². The molecule has 4 rings (SSSR count). The van der Waals surface area contributed by atoms with Gasteiger partial charge in [-0.3, -0.25) is 10.1 Å². The molecule has 0 saturated carbocycles. The zero-order valence-corrected chi connectivity index (χ0v) is 30.3. The molecule has 0 aliphatic heterocycles. The number of hydrogen-bond donors (Lipinski definition) is 2. The van der Waals surface area contributed by atoms with Crippen molar-refractivity contribution in [3.05, 3.63) is 113 Å². The van der Waals surface area contributed by atoms with Gasteiger partial charge in [0, 0.05) is 17.4 Å². The predicted molar refractivity (Wildman–Crippen MR) is 209 cm³/mol. The van der Waals surface area contributed by atoms with Crippen LogP contribution in [0.3, 0.4) is 0 Å². The highest BCUT2D eigenvalue weighted by molar-refractivity contribution is 7.17. The molecule has 0 spiro atoms. The highest BCUT2D eigenvalue weighted by Gasteiger charge is 2.18. The lowest BCUT2D eigenvalue weighted by Gasteiger charge is -2.20. The largest absolute Gasteiger partial charge is 0.463 e. The van der Waals surface area contributed by atoms with Crippen molar-refractivity contribution in [1.82, 2.24) is 15.3 Å². The summed E-state index contributed by atoms with van der Waals surface area (Å²) >= 11 is 2.87. The average molecular weight is 707 g/mol. The predicted octanol–water partition coefficient (Wildman–Crippen LogP) is 11.0. The topological polar surface area (TPSA) is 93.2 Å². The van der Waals surface area contributed by atoms with Gasteiger partial charge < -0.3 is 10.1 Å². The van der Waals surface area contributed by atoms with Gasteiger partial charge in [-0.1, -0.05) is 105 Å². The molecule has 2 amide bonds. The first kappa shape index (κ1) is 38.0. The van der Waals surface area contributed by atoms with Crippen LogP contribution in [0.4, 0.5) is 10.6 Å². The smallest absolute Gasteiger partial charge is 0.321 e. The zero-order chi connectivity index (χ0) is 35.2. The maximum Gasteiger partial charge on any atom is 0.321 e. The maximum absolute atomic E-state index is 12.9. The van der Waals surface area contributed by atoms with Crippen LogP contribution >= 0.6 is 22.7 Å². The lowest BCUT2D eigenvalue weighted by Crippen LogP contribution is -2.35. The third-order valence-electron chi connectivity index (χ3n) is 7.78. The summed E-state index contributed by atoms with van der Waals surface area (Å²) in [5.74, 6) is 2.52. The normalized spacial score (nSPS) is 12.3. The molecular formula is C41H46N4O3S2. The van der Waals surface area contributed by atoms with Crippen molar-refractivity contribution >= 4 is 50.7 Å². The molecule has 2 N–H and O–H groups in total. The van der Waals surface area contributed by atoms with Crippen molar-refractivity contribution in [3.63, 3.8) is 0 Å². The van der Waals surface area contributed by atoms with E-state index in [1.165, 1.54) is 37.0 Å². The average Bonchev–Trinajstić information content (AvgIpc) is 3.81. The number of nitrogens with one attached hydrogen (secondary N) is 2. The summed E-state index contributed by atoms with van der Waals surface area (Å²) in [5, 5.41) is 7.80. The summed E-state index contributed by atoms with van der Waals surface area (Å²) in [6.07, 6.45) is 32.5. The number of carbonyl (C=O) groups is 2. The summed E-state index contributed by atoms with van der Waals surface area (Å²) in [6.45, 7) is 2.22. The van der Waals surface area contributed by atoms with E-state index < -0.39 is 12.1 Å². The third-order valence-corrected chi connectivity index (χ3v) is 9.42. The molecule has 0 aliphatic carbocycles. The Labute approximate surface area is 304 Å². The minimum absolute atomic E-state index is 0.00692. The number of amides is 2. The first-order valence-electron chi connectivity index (χ1n) is 17.2. The van der Waals surface area contributed by atoms with Crippen LogP contribution in [-0.2, 0) is 9.53 Å². The number of thiazole rings is 2. The van der Waals surface area contributed by atoms with Crippen molar-refractivity contribution < 1.29 is 14.3 Å². The molecule has 50 heavy (non-hydrogen) atoms. The van der Waals surface area contributed by atoms with Gasteiger partial charge in [-0.25, -0.2) is 14.8 Å². The highest BCUT2D eigenvalue weighted by Crippen LogP contribution is 2.32. The molecule has 2 heterocycles. The number of rotatable bonds is 20. The molecule has 2 aromatic carbocycles. The van der Waals surface area contributed by atoms with E-state index in [9.17, 15) is 9.59 Å².